The summed E-state index contributed by atoms with van der Waals surface area (Å²) in [5.74, 6) is 0. The van der Waals surface area contributed by atoms with Crippen molar-refractivity contribution in [2.45, 2.75) is 6.54 Å². The number of nitrogens with zero attached hydrogens (tertiary/aromatic N) is 1. The number of hydrogen-bond donors (Lipinski definition) is 1. The Morgan fingerprint density at radius 3 is 2.44 bits per heavy atom. The summed E-state index contributed by atoms with van der Waals surface area (Å²) in [6, 6.07) is 13.8. The molecule has 1 N–H and O–H groups in total. The quantitative estimate of drug-likeness (QED) is 0.797. The van der Waals surface area contributed by atoms with Crippen LogP contribution in [-0.2, 0) is 15.8 Å². The first-order valence-electron chi connectivity index (χ1n) is 8.45. The summed E-state index contributed by atoms with van der Waals surface area (Å²) in [5.41, 5.74) is 3.24. The molecular formula is C19H24ClN2O2P. The molecule has 4 nitrogen and oxygen atoms in total. The lowest BCUT2D eigenvalue weighted by Crippen LogP contribution is -2.37. The molecule has 3 rings (SSSR count). The summed E-state index contributed by atoms with van der Waals surface area (Å²) in [6.45, 7) is 7.46. The molecule has 2 aromatic rings. The summed E-state index contributed by atoms with van der Waals surface area (Å²) in [4.78, 5) is 2.32. The van der Waals surface area contributed by atoms with Crippen LogP contribution in [0.15, 0.2) is 42.5 Å². The van der Waals surface area contributed by atoms with Crippen molar-refractivity contribution < 1.29 is 9.30 Å². The fourth-order valence-electron chi connectivity index (χ4n) is 2.95. The van der Waals surface area contributed by atoms with Gasteiger partial charge < -0.3 is 19.5 Å². The van der Waals surface area contributed by atoms with Crippen molar-refractivity contribution >= 4 is 35.4 Å². The summed E-state index contributed by atoms with van der Waals surface area (Å²) >= 11 is 6.47. The average Bonchev–Trinajstić information content (AvgIpc) is 2.61. The number of hydrogen-bond acceptors (Lipinski definition) is 4. The van der Waals surface area contributed by atoms with E-state index in [1.807, 2.05) is 36.4 Å². The zero-order valence-electron chi connectivity index (χ0n) is 14.7. The van der Waals surface area contributed by atoms with Crippen LogP contribution in [0, 0.1) is 0 Å². The molecule has 1 heterocycles. The summed E-state index contributed by atoms with van der Waals surface area (Å²) in [5, 5.41) is 5.08. The highest BCUT2D eigenvalue weighted by atomic mass is 35.5. The van der Waals surface area contributed by atoms with Gasteiger partial charge in [0.05, 0.1) is 13.2 Å². The van der Waals surface area contributed by atoms with E-state index >= 15 is 0 Å². The van der Waals surface area contributed by atoms with Crippen LogP contribution in [0.25, 0.3) is 0 Å². The SMILES string of the molecule is CP(C)(=O)c1ccc(NCc2c(Cl)cccc2N2CCOCC2)cc1. The molecule has 0 saturated carbocycles. The number of ether oxygens (including phenoxy) is 1. The molecule has 0 unspecified atom stereocenters. The smallest absolute Gasteiger partial charge is 0.109 e. The molecule has 25 heavy (non-hydrogen) atoms. The van der Waals surface area contributed by atoms with Crippen molar-refractivity contribution in [1.82, 2.24) is 0 Å². The van der Waals surface area contributed by atoms with E-state index < -0.39 is 7.14 Å². The lowest BCUT2D eigenvalue weighted by Gasteiger charge is -2.31. The number of halogens is 1. The average molecular weight is 379 g/mol. The van der Waals surface area contributed by atoms with E-state index in [1.54, 1.807) is 13.3 Å². The van der Waals surface area contributed by atoms with Crippen molar-refractivity contribution in [3.05, 3.63) is 53.1 Å². The van der Waals surface area contributed by atoms with E-state index in [0.29, 0.717) is 6.54 Å². The van der Waals surface area contributed by atoms with Gasteiger partial charge in [0.25, 0.3) is 0 Å². The second kappa shape index (κ2) is 7.82. The third kappa shape index (κ3) is 4.58. The molecule has 1 saturated heterocycles. The highest BCUT2D eigenvalue weighted by Crippen LogP contribution is 2.35. The Morgan fingerprint density at radius 1 is 1.12 bits per heavy atom. The highest BCUT2D eigenvalue weighted by molar-refractivity contribution is 7.70. The van der Waals surface area contributed by atoms with Crippen LogP contribution in [0.1, 0.15) is 5.56 Å². The minimum Gasteiger partial charge on any atom is -0.381 e. The fourth-order valence-corrected chi connectivity index (χ4v) is 4.05. The van der Waals surface area contributed by atoms with Gasteiger partial charge in [-0.1, -0.05) is 17.7 Å². The van der Waals surface area contributed by atoms with Gasteiger partial charge in [-0.05, 0) is 49.7 Å². The van der Waals surface area contributed by atoms with E-state index in [4.69, 9.17) is 16.3 Å². The molecule has 0 bridgehead atoms. The summed E-state index contributed by atoms with van der Waals surface area (Å²) in [6.07, 6.45) is 0. The standard InChI is InChI=1S/C19H24ClN2O2P/c1-25(2,23)16-8-6-15(7-9-16)21-14-17-18(20)4-3-5-19(17)22-10-12-24-13-11-22/h3-9,21H,10-14H2,1-2H3. The van der Waals surface area contributed by atoms with Crippen LogP contribution >= 0.6 is 18.7 Å². The number of morpholine rings is 1. The van der Waals surface area contributed by atoms with Crippen molar-refractivity contribution in [2.75, 3.05) is 49.8 Å². The van der Waals surface area contributed by atoms with Crippen LogP contribution in [-0.4, -0.2) is 39.6 Å². The summed E-state index contributed by atoms with van der Waals surface area (Å²) in [7, 11) is -2.22. The van der Waals surface area contributed by atoms with Gasteiger partial charge in [-0.3, -0.25) is 0 Å². The number of anilines is 2. The highest BCUT2D eigenvalue weighted by Gasteiger charge is 2.16. The first-order valence-corrected chi connectivity index (χ1v) is 11.4. The maximum Gasteiger partial charge on any atom is 0.109 e. The van der Waals surface area contributed by atoms with Gasteiger partial charge in [0, 0.05) is 46.9 Å². The van der Waals surface area contributed by atoms with Crippen molar-refractivity contribution in [3.8, 4) is 0 Å². The fraction of sp³-hybridized carbons (Fsp3) is 0.368. The lowest BCUT2D eigenvalue weighted by atomic mass is 10.1. The van der Waals surface area contributed by atoms with E-state index in [1.165, 1.54) is 0 Å². The molecular weight excluding hydrogens is 355 g/mol. The third-order valence-corrected chi connectivity index (χ3v) is 6.30. The molecule has 1 aliphatic heterocycles. The van der Waals surface area contributed by atoms with Gasteiger partial charge in [0.15, 0.2) is 0 Å². The number of nitrogens with one attached hydrogen (secondary N) is 1. The van der Waals surface area contributed by atoms with Crippen LogP contribution in [0.2, 0.25) is 5.02 Å². The molecule has 0 aromatic heterocycles. The Bertz CT molecular complexity index is 767. The minimum atomic E-state index is -2.22. The monoisotopic (exact) mass is 378 g/mol. The van der Waals surface area contributed by atoms with Crippen LogP contribution < -0.4 is 15.5 Å². The van der Waals surface area contributed by atoms with Crippen molar-refractivity contribution in [2.24, 2.45) is 0 Å². The molecule has 134 valence electrons. The van der Waals surface area contributed by atoms with E-state index in [0.717, 1.165) is 53.6 Å². The molecule has 1 aliphatic rings. The molecule has 0 atom stereocenters. The Balaban J connectivity index is 1.75. The van der Waals surface area contributed by atoms with Crippen molar-refractivity contribution in [3.63, 3.8) is 0 Å². The zero-order valence-corrected chi connectivity index (χ0v) is 16.3. The zero-order chi connectivity index (χ0) is 17.9. The van der Waals surface area contributed by atoms with Gasteiger partial charge in [-0.2, -0.15) is 0 Å². The van der Waals surface area contributed by atoms with Crippen LogP contribution in [0.3, 0.4) is 0 Å². The van der Waals surface area contributed by atoms with E-state index in [-0.39, 0.29) is 0 Å². The van der Waals surface area contributed by atoms with E-state index in [9.17, 15) is 4.57 Å². The second-order valence-electron chi connectivity index (χ2n) is 6.59. The maximum atomic E-state index is 12.1. The molecule has 0 radical (unpaired) electrons. The van der Waals surface area contributed by atoms with Gasteiger partial charge >= 0.3 is 0 Å². The third-order valence-electron chi connectivity index (χ3n) is 4.40. The largest absolute Gasteiger partial charge is 0.381 e. The Morgan fingerprint density at radius 2 is 1.80 bits per heavy atom. The Labute approximate surface area is 154 Å². The number of benzene rings is 2. The molecule has 2 aromatic carbocycles. The van der Waals surface area contributed by atoms with Crippen molar-refractivity contribution in [1.29, 1.82) is 0 Å². The lowest BCUT2D eigenvalue weighted by molar-refractivity contribution is 0.122. The van der Waals surface area contributed by atoms with E-state index in [2.05, 4.69) is 16.3 Å². The molecule has 0 spiro atoms. The first-order chi connectivity index (χ1) is 11.9. The van der Waals surface area contributed by atoms with Crippen LogP contribution in [0.4, 0.5) is 11.4 Å². The molecule has 0 amide bonds. The second-order valence-corrected chi connectivity index (χ2v) is 10.2. The minimum absolute atomic E-state index is 0.640. The van der Waals surface area contributed by atoms with Gasteiger partial charge in [-0.15, -0.1) is 0 Å². The predicted octanol–water partition coefficient (Wildman–Crippen LogP) is 4.04. The maximum absolute atomic E-state index is 12.1. The molecule has 6 heteroatoms. The van der Waals surface area contributed by atoms with Gasteiger partial charge in [0.1, 0.15) is 7.14 Å². The molecule has 0 aliphatic carbocycles. The number of rotatable bonds is 5. The Hall–Kier alpha value is -1.48. The van der Waals surface area contributed by atoms with Gasteiger partial charge in [-0.25, -0.2) is 0 Å². The Kier molecular flexibility index (Phi) is 5.73. The normalized spacial score (nSPS) is 15.2. The molecule has 1 fully saturated rings. The summed E-state index contributed by atoms with van der Waals surface area (Å²) < 4.78 is 17.6. The van der Waals surface area contributed by atoms with Gasteiger partial charge in [0.2, 0.25) is 0 Å². The first kappa shape index (κ1) is 18.3. The topological polar surface area (TPSA) is 41.6 Å². The van der Waals surface area contributed by atoms with Crippen LogP contribution in [0.5, 0.6) is 0 Å². The predicted molar refractivity (Wildman–Crippen MR) is 107 cm³/mol.